The van der Waals surface area contributed by atoms with E-state index >= 15 is 0 Å². The number of hydrogen-bond donors (Lipinski definition) is 1. The molecule has 0 aromatic heterocycles. The van der Waals surface area contributed by atoms with E-state index in [1.54, 1.807) is 0 Å². The van der Waals surface area contributed by atoms with Crippen LogP contribution in [0.5, 0.6) is 0 Å². The Morgan fingerprint density at radius 3 is 2.39 bits per heavy atom. The highest BCUT2D eigenvalue weighted by Gasteiger charge is 2.43. The van der Waals surface area contributed by atoms with Gasteiger partial charge in [-0.25, -0.2) is 0 Å². The molecule has 1 nitrogen and oxygen atoms in total. The third kappa shape index (κ3) is 5.17. The lowest BCUT2D eigenvalue weighted by Crippen LogP contribution is -2.33. The second-order valence-electron chi connectivity index (χ2n) is 6.06. The van der Waals surface area contributed by atoms with Crippen LogP contribution in [-0.4, -0.2) is 17.4 Å². The van der Waals surface area contributed by atoms with Crippen LogP contribution in [0, 0.1) is 17.8 Å². The molecule has 108 valence electrons. The summed E-state index contributed by atoms with van der Waals surface area (Å²) in [7, 11) is 0. The Hall–Kier alpha value is -0.250. The summed E-state index contributed by atoms with van der Waals surface area (Å²) in [6.07, 6.45) is -0.354. The topological polar surface area (TPSA) is 20.2 Å². The first-order chi connectivity index (χ1) is 8.30. The van der Waals surface area contributed by atoms with Crippen molar-refractivity contribution in [2.24, 2.45) is 17.8 Å². The molecule has 1 saturated carbocycles. The molecule has 0 aliphatic heterocycles. The van der Waals surface area contributed by atoms with Gasteiger partial charge in [-0.1, -0.05) is 33.1 Å². The van der Waals surface area contributed by atoms with Gasteiger partial charge in [0.2, 0.25) is 0 Å². The van der Waals surface area contributed by atoms with E-state index in [0.717, 1.165) is 19.3 Å². The van der Waals surface area contributed by atoms with Gasteiger partial charge in [0, 0.05) is 0 Å². The molecule has 4 heteroatoms. The van der Waals surface area contributed by atoms with Gasteiger partial charge in [-0.05, 0) is 37.5 Å². The predicted molar refractivity (Wildman–Crippen MR) is 66.2 cm³/mol. The summed E-state index contributed by atoms with van der Waals surface area (Å²) in [5.74, 6) is -0.764. The van der Waals surface area contributed by atoms with Crippen molar-refractivity contribution in [1.29, 1.82) is 0 Å². The van der Waals surface area contributed by atoms with Crippen molar-refractivity contribution in [3.63, 3.8) is 0 Å². The van der Waals surface area contributed by atoms with Gasteiger partial charge in [0.05, 0.1) is 12.0 Å². The van der Waals surface area contributed by atoms with Gasteiger partial charge in [0.25, 0.3) is 0 Å². The first-order valence-electron chi connectivity index (χ1n) is 7.05. The standard InChI is InChI=1S/C14H25F3O/c1-10(2)5-3-8-13(18)11-6-4-7-12(9-11)14(15,16)17/h10-13,18H,3-9H2,1-2H3. The van der Waals surface area contributed by atoms with Crippen molar-refractivity contribution >= 4 is 0 Å². The van der Waals surface area contributed by atoms with Crippen LogP contribution in [0.15, 0.2) is 0 Å². The number of halogens is 3. The van der Waals surface area contributed by atoms with Crippen molar-refractivity contribution in [2.75, 3.05) is 0 Å². The first-order valence-corrected chi connectivity index (χ1v) is 7.05. The molecular weight excluding hydrogens is 241 g/mol. The molecular formula is C14H25F3O. The average molecular weight is 266 g/mol. The van der Waals surface area contributed by atoms with Gasteiger partial charge < -0.3 is 5.11 Å². The maximum atomic E-state index is 12.7. The van der Waals surface area contributed by atoms with E-state index in [4.69, 9.17) is 0 Å². The highest BCUT2D eigenvalue weighted by atomic mass is 19.4. The highest BCUT2D eigenvalue weighted by molar-refractivity contribution is 4.81. The number of hydrogen-bond acceptors (Lipinski definition) is 1. The first kappa shape index (κ1) is 15.8. The third-order valence-corrected chi connectivity index (χ3v) is 4.00. The van der Waals surface area contributed by atoms with Gasteiger partial charge >= 0.3 is 6.18 Å². The lowest BCUT2D eigenvalue weighted by molar-refractivity contribution is -0.188. The molecule has 0 radical (unpaired) electrons. The van der Waals surface area contributed by atoms with Crippen molar-refractivity contribution in [3.8, 4) is 0 Å². The molecule has 18 heavy (non-hydrogen) atoms. The van der Waals surface area contributed by atoms with Crippen molar-refractivity contribution in [3.05, 3.63) is 0 Å². The summed E-state index contributed by atoms with van der Waals surface area (Å²) in [4.78, 5) is 0. The van der Waals surface area contributed by atoms with Crippen LogP contribution in [0.3, 0.4) is 0 Å². The van der Waals surface area contributed by atoms with Crippen LogP contribution in [-0.2, 0) is 0 Å². The second kappa shape index (κ2) is 6.78. The quantitative estimate of drug-likeness (QED) is 0.774. The molecule has 1 N–H and O–H groups in total. The minimum Gasteiger partial charge on any atom is -0.393 e. The summed E-state index contributed by atoms with van der Waals surface area (Å²) in [5, 5.41) is 10.0. The number of rotatable bonds is 5. The van der Waals surface area contributed by atoms with E-state index in [-0.39, 0.29) is 18.8 Å². The van der Waals surface area contributed by atoms with E-state index < -0.39 is 18.2 Å². The third-order valence-electron chi connectivity index (χ3n) is 4.00. The number of aliphatic hydroxyl groups excluding tert-OH is 1. The lowest BCUT2D eigenvalue weighted by Gasteiger charge is -2.33. The van der Waals surface area contributed by atoms with Crippen LogP contribution >= 0.6 is 0 Å². The van der Waals surface area contributed by atoms with E-state index in [1.165, 1.54) is 0 Å². The Kier molecular flexibility index (Phi) is 5.96. The van der Waals surface area contributed by atoms with E-state index in [2.05, 4.69) is 13.8 Å². The van der Waals surface area contributed by atoms with Gasteiger partial charge in [-0.15, -0.1) is 0 Å². The minimum atomic E-state index is -4.09. The summed E-state index contributed by atoms with van der Waals surface area (Å²) in [6.45, 7) is 4.24. The van der Waals surface area contributed by atoms with Gasteiger partial charge in [0.1, 0.15) is 0 Å². The Balaban J connectivity index is 2.36. The summed E-state index contributed by atoms with van der Waals surface area (Å²) in [5.41, 5.74) is 0. The van der Waals surface area contributed by atoms with E-state index in [0.29, 0.717) is 18.8 Å². The summed E-state index contributed by atoms with van der Waals surface area (Å²) >= 11 is 0. The number of aliphatic hydroxyl groups is 1. The van der Waals surface area contributed by atoms with Crippen molar-refractivity contribution in [2.45, 2.75) is 71.1 Å². The molecule has 0 spiro atoms. The average Bonchev–Trinajstić information content (AvgIpc) is 2.27. The number of alkyl halides is 3. The maximum Gasteiger partial charge on any atom is 0.391 e. The molecule has 0 heterocycles. The molecule has 0 saturated heterocycles. The highest BCUT2D eigenvalue weighted by Crippen LogP contribution is 2.41. The Morgan fingerprint density at radius 2 is 1.83 bits per heavy atom. The van der Waals surface area contributed by atoms with Crippen molar-refractivity contribution < 1.29 is 18.3 Å². The molecule has 0 bridgehead atoms. The smallest absolute Gasteiger partial charge is 0.391 e. The Bertz CT molecular complexity index is 238. The second-order valence-corrected chi connectivity index (χ2v) is 6.06. The van der Waals surface area contributed by atoms with Crippen LogP contribution in [0.4, 0.5) is 13.2 Å². The minimum absolute atomic E-state index is 0.117. The fourth-order valence-electron chi connectivity index (χ4n) is 2.85. The SMILES string of the molecule is CC(C)CCCC(O)C1CCCC(C(F)(F)F)C1. The van der Waals surface area contributed by atoms with Crippen LogP contribution in [0.2, 0.25) is 0 Å². The maximum absolute atomic E-state index is 12.7. The van der Waals surface area contributed by atoms with E-state index in [9.17, 15) is 18.3 Å². The molecule has 1 fully saturated rings. The molecule has 0 aromatic carbocycles. The Labute approximate surface area is 108 Å². The fourth-order valence-corrected chi connectivity index (χ4v) is 2.85. The largest absolute Gasteiger partial charge is 0.393 e. The zero-order chi connectivity index (χ0) is 13.8. The fraction of sp³-hybridized carbons (Fsp3) is 1.00. The lowest BCUT2D eigenvalue weighted by atomic mass is 9.77. The van der Waals surface area contributed by atoms with Gasteiger partial charge in [-0.2, -0.15) is 13.2 Å². The van der Waals surface area contributed by atoms with Crippen LogP contribution < -0.4 is 0 Å². The Morgan fingerprint density at radius 1 is 1.17 bits per heavy atom. The van der Waals surface area contributed by atoms with Crippen LogP contribution in [0.1, 0.15) is 58.8 Å². The summed E-state index contributed by atoms with van der Waals surface area (Å²) in [6, 6.07) is 0. The van der Waals surface area contributed by atoms with E-state index in [1.807, 2.05) is 0 Å². The molecule has 0 amide bonds. The molecule has 3 unspecified atom stereocenters. The molecule has 1 aliphatic rings. The monoisotopic (exact) mass is 266 g/mol. The summed E-state index contributed by atoms with van der Waals surface area (Å²) < 4.78 is 38.0. The molecule has 3 atom stereocenters. The molecule has 1 rings (SSSR count). The normalized spacial score (nSPS) is 27.5. The van der Waals surface area contributed by atoms with Gasteiger partial charge in [-0.3, -0.25) is 0 Å². The molecule has 1 aliphatic carbocycles. The van der Waals surface area contributed by atoms with Crippen LogP contribution in [0.25, 0.3) is 0 Å². The molecule has 0 aromatic rings. The van der Waals surface area contributed by atoms with Gasteiger partial charge in [0.15, 0.2) is 0 Å². The zero-order valence-electron chi connectivity index (χ0n) is 11.3. The zero-order valence-corrected chi connectivity index (χ0v) is 11.3. The predicted octanol–water partition coefficient (Wildman–Crippen LogP) is 4.54. The van der Waals surface area contributed by atoms with Crippen molar-refractivity contribution in [1.82, 2.24) is 0 Å².